The summed E-state index contributed by atoms with van der Waals surface area (Å²) in [6, 6.07) is 13.5. The van der Waals surface area contributed by atoms with Crippen molar-refractivity contribution in [2.75, 3.05) is 0 Å². The normalized spacial score (nSPS) is 16.2. The molecule has 1 amide bonds. The number of amides is 1. The Kier molecular flexibility index (Phi) is 5.50. The van der Waals surface area contributed by atoms with Gasteiger partial charge in [-0.05, 0) is 61.9 Å². The fourth-order valence-corrected chi connectivity index (χ4v) is 5.10. The number of rotatable bonds is 5. The number of primary amides is 1. The zero-order valence-corrected chi connectivity index (χ0v) is 19.3. The van der Waals surface area contributed by atoms with Crippen LogP contribution in [0.3, 0.4) is 0 Å². The van der Waals surface area contributed by atoms with Crippen molar-refractivity contribution in [1.82, 2.24) is 9.72 Å². The maximum absolute atomic E-state index is 13.7. The Morgan fingerprint density at radius 2 is 1.79 bits per heavy atom. The number of alkyl halides is 2. The standard InChI is InChI=1S/C27H27F2N3O2/c1-16-25(17(2)34-31-16)21-7-8-22-23(19-3-5-20(6-4-19)26(30)33)15-32(24(22)13-21)14-18-9-11-27(28,29)12-10-18/h3-8,13,15,18H,9-12,14H2,1-2H3,(H2,30,33). The number of aromatic nitrogens is 2. The second-order valence-electron chi connectivity index (χ2n) is 9.37. The molecule has 1 fully saturated rings. The van der Waals surface area contributed by atoms with Crippen molar-refractivity contribution in [3.8, 4) is 22.3 Å². The topological polar surface area (TPSA) is 74.1 Å². The maximum atomic E-state index is 13.7. The highest BCUT2D eigenvalue weighted by Gasteiger charge is 2.35. The Bertz CT molecular complexity index is 1340. The quantitative estimate of drug-likeness (QED) is 0.367. The van der Waals surface area contributed by atoms with Crippen molar-refractivity contribution in [3.63, 3.8) is 0 Å². The fourth-order valence-electron chi connectivity index (χ4n) is 5.10. The minimum Gasteiger partial charge on any atom is -0.366 e. The van der Waals surface area contributed by atoms with Crippen molar-refractivity contribution in [3.05, 3.63) is 65.7 Å². The minimum atomic E-state index is -2.54. The summed E-state index contributed by atoms with van der Waals surface area (Å²) in [5.74, 6) is -2.05. The van der Waals surface area contributed by atoms with Gasteiger partial charge < -0.3 is 14.8 Å². The van der Waals surface area contributed by atoms with E-state index >= 15 is 0 Å². The number of hydrogen-bond acceptors (Lipinski definition) is 3. The summed E-state index contributed by atoms with van der Waals surface area (Å²) in [5, 5.41) is 5.15. The van der Waals surface area contributed by atoms with Crippen molar-refractivity contribution in [2.45, 2.75) is 52.0 Å². The summed E-state index contributed by atoms with van der Waals surface area (Å²) >= 11 is 0. The Hall–Kier alpha value is -3.48. The molecule has 0 aliphatic heterocycles. The molecule has 2 heterocycles. The van der Waals surface area contributed by atoms with Crippen LogP contribution >= 0.6 is 0 Å². The molecule has 176 valence electrons. The number of hydrogen-bond donors (Lipinski definition) is 1. The molecule has 0 radical (unpaired) electrons. The first-order chi connectivity index (χ1) is 16.2. The zero-order chi connectivity index (χ0) is 24.0. The van der Waals surface area contributed by atoms with Gasteiger partial charge in [-0.15, -0.1) is 0 Å². The molecule has 0 spiro atoms. The molecule has 0 saturated heterocycles. The molecule has 4 aromatic rings. The Morgan fingerprint density at radius 1 is 1.12 bits per heavy atom. The molecular weight excluding hydrogens is 436 g/mol. The second kappa shape index (κ2) is 8.38. The van der Waals surface area contributed by atoms with E-state index in [-0.39, 0.29) is 18.8 Å². The lowest BCUT2D eigenvalue weighted by Gasteiger charge is -2.28. The van der Waals surface area contributed by atoms with E-state index in [1.165, 1.54) is 0 Å². The summed E-state index contributed by atoms with van der Waals surface area (Å²) < 4.78 is 35.0. The van der Waals surface area contributed by atoms with Crippen molar-refractivity contribution < 1.29 is 18.1 Å². The van der Waals surface area contributed by atoms with Gasteiger partial charge in [0.05, 0.1) is 5.69 Å². The van der Waals surface area contributed by atoms with Crippen LogP contribution in [0.25, 0.3) is 33.2 Å². The van der Waals surface area contributed by atoms with Gasteiger partial charge in [-0.25, -0.2) is 8.78 Å². The first kappa shape index (κ1) is 22.3. The lowest BCUT2D eigenvalue weighted by atomic mass is 9.87. The number of nitrogens with two attached hydrogens (primary N) is 1. The molecular formula is C27H27F2N3O2. The molecule has 0 atom stereocenters. The SMILES string of the molecule is Cc1noc(C)c1-c1ccc2c(-c3ccc(C(N)=O)cc3)cn(CC3CCC(F)(F)CC3)c2c1. The van der Waals surface area contributed by atoms with Gasteiger partial charge in [-0.1, -0.05) is 29.4 Å². The van der Waals surface area contributed by atoms with Gasteiger partial charge in [-0.2, -0.15) is 0 Å². The number of carbonyl (C=O) groups excluding carboxylic acids is 1. The predicted octanol–water partition coefficient (Wildman–Crippen LogP) is 6.50. The highest BCUT2D eigenvalue weighted by molar-refractivity contribution is 5.99. The van der Waals surface area contributed by atoms with Crippen LogP contribution in [0.4, 0.5) is 8.78 Å². The number of nitrogens with zero attached hydrogens (tertiary/aromatic N) is 2. The van der Waals surface area contributed by atoms with Crippen molar-refractivity contribution in [2.24, 2.45) is 11.7 Å². The Labute approximate surface area is 196 Å². The summed E-state index contributed by atoms with van der Waals surface area (Å²) in [4.78, 5) is 11.5. The third-order valence-electron chi connectivity index (χ3n) is 6.98. The Morgan fingerprint density at radius 3 is 2.41 bits per heavy atom. The lowest BCUT2D eigenvalue weighted by Crippen LogP contribution is -2.26. The third-order valence-corrected chi connectivity index (χ3v) is 6.98. The van der Waals surface area contributed by atoms with E-state index in [1.807, 2.05) is 26.0 Å². The zero-order valence-electron chi connectivity index (χ0n) is 19.3. The molecule has 0 unspecified atom stereocenters. The number of halogens is 2. The van der Waals surface area contributed by atoms with E-state index in [9.17, 15) is 13.6 Å². The van der Waals surface area contributed by atoms with Gasteiger partial charge in [0.1, 0.15) is 5.76 Å². The van der Waals surface area contributed by atoms with Crippen LogP contribution in [0.15, 0.2) is 53.2 Å². The second-order valence-corrected chi connectivity index (χ2v) is 9.37. The van der Waals surface area contributed by atoms with Crippen molar-refractivity contribution >= 4 is 16.8 Å². The van der Waals surface area contributed by atoms with Crippen LogP contribution in [0.2, 0.25) is 0 Å². The largest absolute Gasteiger partial charge is 0.366 e. The number of fused-ring (bicyclic) bond motifs is 1. The maximum Gasteiger partial charge on any atom is 0.248 e. The molecule has 2 aromatic heterocycles. The highest BCUT2D eigenvalue weighted by Crippen LogP contribution is 2.39. The van der Waals surface area contributed by atoms with Gasteiger partial charge in [-0.3, -0.25) is 4.79 Å². The predicted molar refractivity (Wildman–Crippen MR) is 128 cm³/mol. The average molecular weight is 464 g/mol. The highest BCUT2D eigenvalue weighted by atomic mass is 19.3. The summed E-state index contributed by atoms with van der Waals surface area (Å²) in [5.41, 5.74) is 11.7. The molecule has 2 N–H and O–H groups in total. The smallest absolute Gasteiger partial charge is 0.248 e. The van der Waals surface area contributed by atoms with Crippen molar-refractivity contribution in [1.29, 1.82) is 0 Å². The molecule has 1 saturated carbocycles. The van der Waals surface area contributed by atoms with Crippen LogP contribution < -0.4 is 5.73 Å². The molecule has 1 aliphatic carbocycles. The van der Waals surface area contributed by atoms with Crippen LogP contribution in [0, 0.1) is 19.8 Å². The molecule has 5 nitrogen and oxygen atoms in total. The summed E-state index contributed by atoms with van der Waals surface area (Å²) in [7, 11) is 0. The van der Waals surface area contributed by atoms with E-state index in [2.05, 4.69) is 34.1 Å². The molecule has 34 heavy (non-hydrogen) atoms. The van der Waals surface area contributed by atoms with Gasteiger partial charge in [0.25, 0.3) is 0 Å². The van der Waals surface area contributed by atoms with Crippen LogP contribution in [-0.2, 0) is 6.54 Å². The van der Waals surface area contributed by atoms with Gasteiger partial charge in [0, 0.05) is 53.2 Å². The summed E-state index contributed by atoms with van der Waals surface area (Å²) in [6.45, 7) is 4.49. The van der Waals surface area contributed by atoms with Gasteiger partial charge >= 0.3 is 0 Å². The van der Waals surface area contributed by atoms with Crippen LogP contribution in [-0.4, -0.2) is 21.6 Å². The van der Waals surface area contributed by atoms with Crippen LogP contribution in [0.5, 0.6) is 0 Å². The number of carbonyl (C=O) groups is 1. The lowest BCUT2D eigenvalue weighted by molar-refractivity contribution is -0.0472. The van der Waals surface area contributed by atoms with Gasteiger partial charge in [0.15, 0.2) is 0 Å². The average Bonchev–Trinajstić information content (AvgIpc) is 3.34. The molecule has 7 heteroatoms. The van der Waals surface area contributed by atoms with E-state index in [0.717, 1.165) is 44.6 Å². The van der Waals surface area contributed by atoms with E-state index in [0.29, 0.717) is 24.9 Å². The van der Waals surface area contributed by atoms with E-state index < -0.39 is 11.8 Å². The number of benzene rings is 2. The molecule has 5 rings (SSSR count). The fraction of sp³-hybridized carbons (Fsp3) is 0.333. The van der Waals surface area contributed by atoms with E-state index in [1.54, 1.807) is 12.1 Å². The first-order valence-electron chi connectivity index (χ1n) is 11.6. The third kappa shape index (κ3) is 4.11. The number of aryl methyl sites for hydroxylation is 2. The van der Waals surface area contributed by atoms with E-state index in [4.69, 9.17) is 10.3 Å². The molecule has 1 aliphatic rings. The Balaban J connectivity index is 1.59. The van der Waals surface area contributed by atoms with Gasteiger partial charge in [0.2, 0.25) is 11.8 Å². The van der Waals surface area contributed by atoms with Crippen LogP contribution in [0.1, 0.15) is 47.5 Å². The minimum absolute atomic E-state index is 0.0529. The summed E-state index contributed by atoms with van der Waals surface area (Å²) in [6.07, 6.45) is 3.01. The monoisotopic (exact) mass is 463 g/mol. The first-order valence-corrected chi connectivity index (χ1v) is 11.6. The molecule has 0 bridgehead atoms. The molecule has 2 aromatic carbocycles.